The van der Waals surface area contributed by atoms with Gasteiger partial charge in [0.1, 0.15) is 5.75 Å². The topological polar surface area (TPSA) is 108 Å². The number of rotatable bonds is 9. The van der Waals surface area contributed by atoms with Crippen molar-refractivity contribution < 1.29 is 22.7 Å². The molecule has 2 N–H and O–H groups in total. The van der Waals surface area contributed by atoms with Gasteiger partial charge in [-0.15, -0.1) is 0 Å². The van der Waals surface area contributed by atoms with E-state index in [4.69, 9.17) is 4.74 Å². The van der Waals surface area contributed by atoms with Gasteiger partial charge in [0.25, 0.3) is 0 Å². The number of likely N-dealkylation sites (tertiary alicyclic amines) is 1. The zero-order valence-corrected chi connectivity index (χ0v) is 21.3. The van der Waals surface area contributed by atoms with Gasteiger partial charge in [0, 0.05) is 26.2 Å². The van der Waals surface area contributed by atoms with Gasteiger partial charge < -0.3 is 15.4 Å². The van der Waals surface area contributed by atoms with Crippen LogP contribution in [0.1, 0.15) is 52.9 Å². The van der Waals surface area contributed by atoms with E-state index in [1.807, 2.05) is 25.7 Å². The van der Waals surface area contributed by atoms with Crippen LogP contribution < -0.4 is 15.4 Å². The number of nitrogens with zero attached hydrogens (tertiary/aromatic N) is 2. The molecule has 0 radical (unpaired) electrons. The Hall–Kier alpha value is -2.17. The van der Waals surface area contributed by atoms with Gasteiger partial charge in [-0.3, -0.25) is 14.5 Å². The SMILES string of the molecule is CCNC(=O)C1CCCN(CC(=O)Nc2cc(S(=O)(=O)N3CCCCC3)ccc2OC(C)C)C1. The number of carbonyl (C=O) groups is 2. The molecule has 34 heavy (non-hydrogen) atoms. The Morgan fingerprint density at radius 2 is 1.85 bits per heavy atom. The number of carbonyl (C=O) groups excluding carboxylic acids is 2. The van der Waals surface area contributed by atoms with Crippen molar-refractivity contribution in [2.75, 3.05) is 44.6 Å². The van der Waals surface area contributed by atoms with Gasteiger partial charge in [-0.25, -0.2) is 8.42 Å². The minimum Gasteiger partial charge on any atom is -0.489 e. The van der Waals surface area contributed by atoms with E-state index in [2.05, 4.69) is 10.6 Å². The largest absolute Gasteiger partial charge is 0.489 e. The van der Waals surface area contributed by atoms with Gasteiger partial charge >= 0.3 is 0 Å². The first-order chi connectivity index (χ1) is 16.2. The number of hydrogen-bond acceptors (Lipinski definition) is 6. The van der Waals surface area contributed by atoms with E-state index >= 15 is 0 Å². The molecule has 0 bridgehead atoms. The third-order valence-corrected chi connectivity index (χ3v) is 8.03. The summed E-state index contributed by atoms with van der Waals surface area (Å²) in [4.78, 5) is 27.2. The number of nitrogens with one attached hydrogen (secondary N) is 2. The summed E-state index contributed by atoms with van der Waals surface area (Å²) >= 11 is 0. The predicted molar refractivity (Wildman–Crippen MR) is 131 cm³/mol. The molecular weight excluding hydrogens is 456 g/mol. The van der Waals surface area contributed by atoms with Gasteiger partial charge in [-0.1, -0.05) is 6.42 Å². The van der Waals surface area contributed by atoms with E-state index in [9.17, 15) is 18.0 Å². The first-order valence-corrected chi connectivity index (χ1v) is 13.8. The second-order valence-electron chi connectivity index (χ2n) is 9.31. The highest BCUT2D eigenvalue weighted by atomic mass is 32.2. The highest BCUT2D eigenvalue weighted by molar-refractivity contribution is 7.89. The minimum atomic E-state index is -3.64. The molecule has 2 amide bonds. The molecule has 0 saturated carbocycles. The van der Waals surface area contributed by atoms with E-state index < -0.39 is 10.0 Å². The summed E-state index contributed by atoms with van der Waals surface area (Å²) in [5, 5.41) is 5.72. The summed E-state index contributed by atoms with van der Waals surface area (Å²) < 4.78 is 33.7. The second kappa shape index (κ2) is 12.0. The number of sulfonamides is 1. The molecule has 2 fully saturated rings. The fourth-order valence-electron chi connectivity index (χ4n) is 4.50. The van der Waals surface area contributed by atoms with Crippen LogP contribution in [0.4, 0.5) is 5.69 Å². The minimum absolute atomic E-state index is 0.0239. The van der Waals surface area contributed by atoms with Crippen molar-refractivity contribution in [1.29, 1.82) is 0 Å². The fourth-order valence-corrected chi connectivity index (χ4v) is 6.05. The maximum absolute atomic E-state index is 13.2. The molecule has 9 nitrogen and oxygen atoms in total. The lowest BCUT2D eigenvalue weighted by Gasteiger charge is -2.31. The van der Waals surface area contributed by atoms with Gasteiger partial charge in [-0.05, 0) is 71.2 Å². The number of piperidine rings is 2. The van der Waals surface area contributed by atoms with E-state index in [1.54, 1.807) is 12.1 Å². The number of anilines is 1. The summed E-state index contributed by atoms with van der Waals surface area (Å²) in [5.74, 6) is 0.0627. The summed E-state index contributed by atoms with van der Waals surface area (Å²) in [7, 11) is -3.64. The Kier molecular flexibility index (Phi) is 9.32. The average molecular weight is 495 g/mol. The van der Waals surface area contributed by atoms with E-state index in [0.717, 1.165) is 38.6 Å². The highest BCUT2D eigenvalue weighted by Crippen LogP contribution is 2.31. The molecule has 0 aromatic heterocycles. The predicted octanol–water partition coefficient (Wildman–Crippen LogP) is 2.44. The summed E-state index contributed by atoms with van der Waals surface area (Å²) in [5.41, 5.74) is 0.342. The Bertz CT molecular complexity index is 960. The van der Waals surface area contributed by atoms with Crippen molar-refractivity contribution in [3.63, 3.8) is 0 Å². The Labute approximate surface area is 203 Å². The molecule has 1 aromatic carbocycles. The maximum atomic E-state index is 13.2. The molecular formula is C24H38N4O5S. The normalized spacial score (nSPS) is 20.2. The van der Waals surface area contributed by atoms with Gasteiger partial charge in [0.05, 0.1) is 29.1 Å². The second-order valence-corrected chi connectivity index (χ2v) is 11.2. The van der Waals surface area contributed by atoms with Crippen molar-refractivity contribution in [2.24, 2.45) is 5.92 Å². The highest BCUT2D eigenvalue weighted by Gasteiger charge is 2.29. The third kappa shape index (κ3) is 6.93. The van der Waals surface area contributed by atoms with Gasteiger partial charge in [0.2, 0.25) is 21.8 Å². The Morgan fingerprint density at radius 1 is 1.12 bits per heavy atom. The van der Waals surface area contributed by atoms with Crippen molar-refractivity contribution in [3.05, 3.63) is 18.2 Å². The fraction of sp³-hybridized carbons (Fsp3) is 0.667. The third-order valence-electron chi connectivity index (χ3n) is 6.14. The molecule has 190 valence electrons. The average Bonchev–Trinajstić information content (AvgIpc) is 2.80. The Balaban J connectivity index is 1.74. The quantitative estimate of drug-likeness (QED) is 0.546. The molecule has 10 heteroatoms. The molecule has 0 aliphatic carbocycles. The number of hydrogen-bond donors (Lipinski definition) is 2. The molecule has 2 aliphatic heterocycles. The van der Waals surface area contributed by atoms with Crippen LogP contribution in [0.2, 0.25) is 0 Å². The van der Waals surface area contributed by atoms with Crippen LogP contribution in [0.3, 0.4) is 0 Å². The number of amides is 2. The van der Waals surface area contributed by atoms with E-state index in [1.165, 1.54) is 10.4 Å². The van der Waals surface area contributed by atoms with Crippen LogP contribution in [0.5, 0.6) is 5.75 Å². The zero-order valence-electron chi connectivity index (χ0n) is 20.5. The smallest absolute Gasteiger partial charge is 0.243 e. The van der Waals surface area contributed by atoms with Crippen LogP contribution in [0.25, 0.3) is 0 Å². The monoisotopic (exact) mass is 494 g/mol. The van der Waals surface area contributed by atoms with Gasteiger partial charge in [0.15, 0.2) is 0 Å². The summed E-state index contributed by atoms with van der Waals surface area (Å²) in [6.45, 7) is 8.64. The van der Waals surface area contributed by atoms with Crippen molar-refractivity contribution >= 4 is 27.5 Å². The standard InChI is InChI=1S/C24H38N4O5S/c1-4-25-24(30)19-9-8-12-27(16-19)17-23(29)26-21-15-20(10-11-22(21)33-18(2)3)34(31,32)28-13-6-5-7-14-28/h10-11,15,18-19H,4-9,12-14,16-17H2,1-3H3,(H,25,30)(H,26,29). The lowest BCUT2D eigenvalue weighted by atomic mass is 9.97. The van der Waals surface area contributed by atoms with Crippen LogP contribution in [0.15, 0.2) is 23.1 Å². The molecule has 0 spiro atoms. The summed E-state index contributed by atoms with van der Waals surface area (Å²) in [6, 6.07) is 4.64. The lowest BCUT2D eigenvalue weighted by Crippen LogP contribution is -2.45. The maximum Gasteiger partial charge on any atom is 0.243 e. The molecule has 2 heterocycles. The van der Waals surface area contributed by atoms with E-state index in [0.29, 0.717) is 37.6 Å². The van der Waals surface area contributed by atoms with Gasteiger partial charge in [-0.2, -0.15) is 4.31 Å². The summed E-state index contributed by atoms with van der Waals surface area (Å²) in [6.07, 6.45) is 4.26. The van der Waals surface area contributed by atoms with Crippen molar-refractivity contribution in [1.82, 2.24) is 14.5 Å². The molecule has 3 rings (SSSR count). The van der Waals surface area contributed by atoms with Crippen LogP contribution in [-0.2, 0) is 19.6 Å². The molecule has 1 unspecified atom stereocenters. The van der Waals surface area contributed by atoms with Crippen molar-refractivity contribution in [2.45, 2.75) is 63.9 Å². The lowest BCUT2D eigenvalue weighted by molar-refractivity contribution is -0.127. The molecule has 1 atom stereocenters. The molecule has 1 aromatic rings. The first kappa shape index (κ1) is 26.4. The van der Waals surface area contributed by atoms with Crippen LogP contribution in [0, 0.1) is 5.92 Å². The first-order valence-electron chi connectivity index (χ1n) is 12.3. The number of ether oxygens (including phenoxy) is 1. The van der Waals surface area contributed by atoms with E-state index in [-0.39, 0.29) is 35.3 Å². The molecule has 2 saturated heterocycles. The van der Waals surface area contributed by atoms with Crippen LogP contribution in [-0.4, -0.2) is 74.8 Å². The van der Waals surface area contributed by atoms with Crippen molar-refractivity contribution in [3.8, 4) is 5.75 Å². The molecule has 2 aliphatic rings. The zero-order chi connectivity index (χ0) is 24.7. The number of benzene rings is 1. The Morgan fingerprint density at radius 3 is 2.53 bits per heavy atom. The van der Waals surface area contributed by atoms with Crippen LogP contribution >= 0.6 is 0 Å².